The lowest BCUT2D eigenvalue weighted by Crippen LogP contribution is -2.24. The SMILES string of the molecule is COc1ccccc1/C=N/NC(=O)Cn1nc(C)c(Br)c1C. The number of ether oxygens (including phenoxy) is 1. The van der Waals surface area contributed by atoms with Gasteiger partial charge in [0.25, 0.3) is 5.91 Å². The van der Waals surface area contributed by atoms with Gasteiger partial charge in [0.05, 0.1) is 29.2 Å². The minimum absolute atomic E-state index is 0.113. The molecule has 1 aromatic carbocycles. The number of benzene rings is 1. The Bertz CT molecular complexity index is 710. The van der Waals surface area contributed by atoms with Crippen LogP contribution in [0.4, 0.5) is 0 Å². The fourth-order valence-electron chi connectivity index (χ4n) is 1.95. The maximum atomic E-state index is 11.9. The summed E-state index contributed by atoms with van der Waals surface area (Å²) < 4.78 is 7.75. The van der Waals surface area contributed by atoms with Gasteiger partial charge in [0.2, 0.25) is 0 Å². The molecule has 1 aromatic heterocycles. The van der Waals surface area contributed by atoms with Gasteiger partial charge in [-0.1, -0.05) is 12.1 Å². The lowest BCUT2D eigenvalue weighted by Gasteiger charge is -2.04. The van der Waals surface area contributed by atoms with Gasteiger partial charge in [0.1, 0.15) is 12.3 Å². The quantitative estimate of drug-likeness (QED) is 0.654. The first-order valence-corrected chi connectivity index (χ1v) is 7.46. The van der Waals surface area contributed by atoms with E-state index in [1.165, 1.54) is 0 Å². The maximum Gasteiger partial charge on any atom is 0.261 e. The average molecular weight is 365 g/mol. The number of aryl methyl sites for hydroxylation is 1. The summed E-state index contributed by atoms with van der Waals surface area (Å²) in [5.74, 6) is 0.451. The molecule has 0 saturated carbocycles. The van der Waals surface area contributed by atoms with E-state index >= 15 is 0 Å². The predicted molar refractivity (Wildman–Crippen MR) is 88.1 cm³/mol. The van der Waals surface area contributed by atoms with Gasteiger partial charge in [0, 0.05) is 5.56 Å². The minimum atomic E-state index is -0.246. The molecule has 2 aromatic rings. The van der Waals surface area contributed by atoms with Crippen LogP contribution < -0.4 is 10.2 Å². The summed E-state index contributed by atoms with van der Waals surface area (Å²) in [5.41, 5.74) is 5.03. The molecular formula is C15H17BrN4O2. The van der Waals surface area contributed by atoms with Crippen LogP contribution in [0.5, 0.6) is 5.75 Å². The Labute approximate surface area is 137 Å². The van der Waals surface area contributed by atoms with Crippen molar-refractivity contribution in [1.29, 1.82) is 0 Å². The van der Waals surface area contributed by atoms with E-state index in [1.807, 2.05) is 38.1 Å². The first kappa shape index (κ1) is 16.2. The third kappa shape index (κ3) is 3.73. The molecule has 7 heteroatoms. The Morgan fingerprint density at radius 3 is 2.82 bits per heavy atom. The van der Waals surface area contributed by atoms with Gasteiger partial charge in [0.15, 0.2) is 0 Å². The van der Waals surface area contributed by atoms with Crippen molar-refractivity contribution in [3.05, 3.63) is 45.7 Å². The van der Waals surface area contributed by atoms with Crippen LogP contribution in [0.25, 0.3) is 0 Å². The van der Waals surface area contributed by atoms with Crippen molar-refractivity contribution in [3.63, 3.8) is 0 Å². The highest BCUT2D eigenvalue weighted by molar-refractivity contribution is 9.10. The van der Waals surface area contributed by atoms with E-state index in [0.717, 1.165) is 21.4 Å². The van der Waals surface area contributed by atoms with Gasteiger partial charge >= 0.3 is 0 Å². The number of para-hydroxylation sites is 1. The zero-order chi connectivity index (χ0) is 16.1. The predicted octanol–water partition coefficient (Wildman–Crippen LogP) is 2.42. The Balaban J connectivity index is 1.98. The standard InChI is InChI=1S/C15H17BrN4O2/c1-10-15(16)11(2)20(19-10)9-14(21)18-17-8-12-6-4-5-7-13(12)22-3/h4-8H,9H2,1-3H3,(H,18,21)/b17-8+. The van der Waals surface area contributed by atoms with Crippen molar-refractivity contribution in [1.82, 2.24) is 15.2 Å². The van der Waals surface area contributed by atoms with Crippen LogP contribution in [0.2, 0.25) is 0 Å². The van der Waals surface area contributed by atoms with Gasteiger partial charge < -0.3 is 4.74 Å². The summed E-state index contributed by atoms with van der Waals surface area (Å²) in [5, 5.41) is 8.23. The molecule has 22 heavy (non-hydrogen) atoms. The number of aromatic nitrogens is 2. The first-order valence-electron chi connectivity index (χ1n) is 6.67. The smallest absolute Gasteiger partial charge is 0.261 e. The molecule has 2 rings (SSSR count). The number of amides is 1. The normalized spacial score (nSPS) is 10.9. The van der Waals surface area contributed by atoms with Crippen molar-refractivity contribution < 1.29 is 9.53 Å². The molecule has 1 N–H and O–H groups in total. The van der Waals surface area contributed by atoms with Crippen molar-refractivity contribution >= 4 is 28.1 Å². The number of hydrazone groups is 1. The Hall–Kier alpha value is -2.15. The number of hydrogen-bond donors (Lipinski definition) is 1. The number of carbonyl (C=O) groups is 1. The maximum absolute atomic E-state index is 11.9. The van der Waals surface area contributed by atoms with E-state index in [1.54, 1.807) is 18.0 Å². The summed E-state index contributed by atoms with van der Waals surface area (Å²) >= 11 is 3.43. The molecule has 6 nitrogen and oxygen atoms in total. The molecule has 0 unspecified atom stereocenters. The lowest BCUT2D eigenvalue weighted by atomic mass is 10.2. The Morgan fingerprint density at radius 1 is 1.45 bits per heavy atom. The van der Waals surface area contributed by atoms with Gasteiger partial charge in [-0.05, 0) is 41.9 Å². The number of methoxy groups -OCH3 is 1. The molecule has 0 spiro atoms. The summed E-state index contributed by atoms with van der Waals surface area (Å²) in [6.45, 7) is 3.89. The van der Waals surface area contributed by atoms with Crippen LogP contribution >= 0.6 is 15.9 Å². The van der Waals surface area contributed by atoms with E-state index < -0.39 is 0 Å². The molecule has 0 aliphatic rings. The van der Waals surface area contributed by atoms with Crippen molar-refractivity contribution in [2.45, 2.75) is 20.4 Å². The highest BCUT2D eigenvalue weighted by Crippen LogP contribution is 2.19. The fourth-order valence-corrected chi connectivity index (χ4v) is 2.23. The minimum Gasteiger partial charge on any atom is -0.496 e. The molecule has 0 radical (unpaired) electrons. The second-order valence-electron chi connectivity index (χ2n) is 4.68. The van der Waals surface area contributed by atoms with E-state index in [4.69, 9.17) is 4.74 Å². The number of halogens is 1. The van der Waals surface area contributed by atoms with Crippen LogP contribution in [0, 0.1) is 13.8 Å². The van der Waals surface area contributed by atoms with Crippen LogP contribution in [0.15, 0.2) is 33.8 Å². The van der Waals surface area contributed by atoms with Crippen molar-refractivity contribution in [3.8, 4) is 5.75 Å². The van der Waals surface area contributed by atoms with Gasteiger partial charge in [-0.2, -0.15) is 10.2 Å². The van der Waals surface area contributed by atoms with E-state index in [9.17, 15) is 4.79 Å². The second-order valence-corrected chi connectivity index (χ2v) is 5.47. The Morgan fingerprint density at radius 2 is 2.18 bits per heavy atom. The third-order valence-electron chi connectivity index (χ3n) is 3.12. The van der Waals surface area contributed by atoms with Gasteiger partial charge in [-0.15, -0.1) is 0 Å². The van der Waals surface area contributed by atoms with Crippen molar-refractivity contribution in [2.24, 2.45) is 5.10 Å². The van der Waals surface area contributed by atoms with E-state index in [2.05, 4.69) is 31.6 Å². The van der Waals surface area contributed by atoms with Crippen LogP contribution in [-0.2, 0) is 11.3 Å². The molecule has 1 heterocycles. The van der Waals surface area contributed by atoms with Gasteiger partial charge in [-0.3, -0.25) is 9.48 Å². The highest BCUT2D eigenvalue weighted by Gasteiger charge is 2.11. The number of hydrogen-bond acceptors (Lipinski definition) is 4. The summed E-state index contributed by atoms with van der Waals surface area (Å²) in [7, 11) is 1.59. The summed E-state index contributed by atoms with van der Waals surface area (Å²) in [4.78, 5) is 11.9. The summed E-state index contributed by atoms with van der Waals surface area (Å²) in [6, 6.07) is 7.43. The van der Waals surface area contributed by atoms with E-state index in [-0.39, 0.29) is 12.5 Å². The van der Waals surface area contributed by atoms with Crippen molar-refractivity contribution in [2.75, 3.05) is 7.11 Å². The fraction of sp³-hybridized carbons (Fsp3) is 0.267. The molecule has 116 valence electrons. The van der Waals surface area contributed by atoms with Crippen LogP contribution in [0.1, 0.15) is 17.0 Å². The van der Waals surface area contributed by atoms with Gasteiger partial charge in [-0.25, -0.2) is 5.43 Å². The first-order chi connectivity index (χ1) is 10.5. The number of rotatable bonds is 5. The monoisotopic (exact) mass is 364 g/mol. The van der Waals surface area contributed by atoms with Crippen LogP contribution in [-0.4, -0.2) is 29.0 Å². The molecular weight excluding hydrogens is 348 g/mol. The van der Waals surface area contributed by atoms with E-state index in [0.29, 0.717) is 5.75 Å². The molecule has 0 saturated heterocycles. The Kier molecular flexibility index (Phi) is 5.32. The second kappa shape index (κ2) is 7.22. The number of nitrogens with zero attached hydrogens (tertiary/aromatic N) is 3. The molecule has 0 aliphatic carbocycles. The molecule has 0 bridgehead atoms. The number of nitrogens with one attached hydrogen (secondary N) is 1. The summed E-state index contributed by atoms with van der Waals surface area (Å²) in [6.07, 6.45) is 1.55. The highest BCUT2D eigenvalue weighted by atomic mass is 79.9. The number of carbonyl (C=O) groups excluding carboxylic acids is 1. The zero-order valence-electron chi connectivity index (χ0n) is 12.6. The molecule has 1 amide bonds. The molecule has 0 atom stereocenters. The third-order valence-corrected chi connectivity index (χ3v) is 4.27. The van der Waals surface area contributed by atoms with Crippen LogP contribution in [0.3, 0.4) is 0 Å². The average Bonchev–Trinajstić information content (AvgIpc) is 2.75. The largest absolute Gasteiger partial charge is 0.496 e. The molecule has 0 aliphatic heterocycles. The zero-order valence-corrected chi connectivity index (χ0v) is 14.2. The topological polar surface area (TPSA) is 68.5 Å². The molecule has 0 fully saturated rings. The lowest BCUT2D eigenvalue weighted by molar-refractivity contribution is -0.121.